The molecule has 20 aromatic rings. The minimum atomic E-state index is 1.31. The van der Waals surface area contributed by atoms with Gasteiger partial charge in [-0.15, -0.1) is 0 Å². The van der Waals surface area contributed by atoms with E-state index in [4.69, 9.17) is 0 Å². The van der Waals surface area contributed by atoms with Crippen molar-refractivity contribution in [2.24, 2.45) is 0 Å². The van der Waals surface area contributed by atoms with Crippen LogP contribution in [0, 0.1) is 0 Å². The van der Waals surface area contributed by atoms with E-state index in [1.165, 1.54) is 162 Å². The second-order valence-corrected chi connectivity index (χ2v) is 23.4. The zero-order valence-electron chi connectivity index (χ0n) is 49.6. The van der Waals surface area contributed by atoms with E-state index in [1.54, 1.807) is 0 Å². The standard InChI is InChI=1S/5C18H12/c5*1-3-7-16-13(5-1)9-11-15-12-10-14-6-2-4-8-17(14)18(15)16/h5*1-12H. The van der Waals surface area contributed by atoms with Gasteiger partial charge in [-0.3, -0.25) is 0 Å². The Labute approximate surface area is 522 Å². The molecule has 0 radical (unpaired) electrons. The summed E-state index contributed by atoms with van der Waals surface area (Å²) >= 11 is 0. The van der Waals surface area contributed by atoms with Crippen LogP contribution in [0.5, 0.6) is 0 Å². The molecule has 20 aromatic carbocycles. The van der Waals surface area contributed by atoms with Crippen molar-refractivity contribution in [3.05, 3.63) is 364 Å². The van der Waals surface area contributed by atoms with Gasteiger partial charge >= 0.3 is 0 Å². The van der Waals surface area contributed by atoms with Gasteiger partial charge in [-0.1, -0.05) is 364 Å². The van der Waals surface area contributed by atoms with Gasteiger partial charge in [0.1, 0.15) is 0 Å². The minimum absolute atomic E-state index is 1.31. The lowest BCUT2D eigenvalue weighted by molar-refractivity contribution is 1.77. The topological polar surface area (TPSA) is 0 Å². The fraction of sp³-hybridized carbons (Fsp3) is 0. The van der Waals surface area contributed by atoms with Crippen molar-refractivity contribution >= 4 is 162 Å². The van der Waals surface area contributed by atoms with Gasteiger partial charge in [0, 0.05) is 0 Å². The number of benzene rings is 20. The second kappa shape index (κ2) is 23.5. The molecular formula is C90H60. The smallest absolute Gasteiger partial charge is 0.00268 e. The zero-order chi connectivity index (χ0) is 59.7. The summed E-state index contributed by atoms with van der Waals surface area (Å²) in [6.45, 7) is 0. The summed E-state index contributed by atoms with van der Waals surface area (Å²) in [7, 11) is 0. The van der Waals surface area contributed by atoms with Crippen molar-refractivity contribution in [3.8, 4) is 0 Å². The molecule has 0 heteroatoms. The molecule has 0 aliphatic rings. The number of fused-ring (bicyclic) bond motifs is 25. The summed E-state index contributed by atoms with van der Waals surface area (Å²) in [6.07, 6.45) is 0. The monoisotopic (exact) mass is 1140 g/mol. The molecule has 0 aromatic heterocycles. The Kier molecular flexibility index (Phi) is 14.1. The largest absolute Gasteiger partial charge is 0.0616 e. The predicted molar refractivity (Wildman–Crippen MR) is 395 cm³/mol. The van der Waals surface area contributed by atoms with Gasteiger partial charge in [-0.05, 0) is 162 Å². The third-order valence-corrected chi connectivity index (χ3v) is 18.2. The van der Waals surface area contributed by atoms with E-state index in [0.29, 0.717) is 0 Å². The average molecular weight is 1140 g/mol. The molecule has 0 saturated carbocycles. The van der Waals surface area contributed by atoms with Crippen LogP contribution in [-0.4, -0.2) is 0 Å². The summed E-state index contributed by atoms with van der Waals surface area (Å²) in [5, 5.41) is 39.9. The van der Waals surface area contributed by atoms with Gasteiger partial charge in [0.25, 0.3) is 0 Å². The van der Waals surface area contributed by atoms with Crippen LogP contribution in [0.25, 0.3) is 162 Å². The normalized spacial score (nSPS) is 11.3. The first-order valence-electron chi connectivity index (χ1n) is 31.1. The van der Waals surface area contributed by atoms with Crippen LogP contribution in [0.4, 0.5) is 0 Å². The highest BCUT2D eigenvalue weighted by molar-refractivity contribution is 6.24. The maximum absolute atomic E-state index is 2.21. The van der Waals surface area contributed by atoms with Crippen LogP contribution in [-0.2, 0) is 0 Å². The Bertz CT molecular complexity index is 4880. The molecule has 0 bridgehead atoms. The van der Waals surface area contributed by atoms with Crippen LogP contribution < -0.4 is 0 Å². The molecular weight excluding hydrogens is 1080 g/mol. The lowest BCUT2D eigenvalue weighted by atomic mass is 9.97. The Morgan fingerprint density at radius 3 is 0.278 bits per heavy atom. The third kappa shape index (κ3) is 9.97. The first-order valence-corrected chi connectivity index (χ1v) is 31.1. The van der Waals surface area contributed by atoms with Crippen LogP contribution >= 0.6 is 0 Å². The van der Waals surface area contributed by atoms with Gasteiger partial charge in [0.2, 0.25) is 0 Å². The molecule has 0 spiro atoms. The van der Waals surface area contributed by atoms with E-state index in [0.717, 1.165) is 0 Å². The first kappa shape index (κ1) is 53.7. The van der Waals surface area contributed by atoms with E-state index in [2.05, 4.69) is 364 Å². The zero-order valence-corrected chi connectivity index (χ0v) is 49.6. The Morgan fingerprint density at radius 1 is 0.0778 bits per heavy atom. The van der Waals surface area contributed by atoms with Crippen molar-refractivity contribution in [3.63, 3.8) is 0 Å². The van der Waals surface area contributed by atoms with Crippen LogP contribution in [0.2, 0.25) is 0 Å². The van der Waals surface area contributed by atoms with Crippen LogP contribution in [0.3, 0.4) is 0 Å². The molecule has 0 nitrogen and oxygen atoms in total. The highest BCUT2D eigenvalue weighted by Gasteiger charge is 2.10. The van der Waals surface area contributed by atoms with E-state index in [9.17, 15) is 0 Å². The van der Waals surface area contributed by atoms with Crippen molar-refractivity contribution in [2.75, 3.05) is 0 Å². The fourth-order valence-electron chi connectivity index (χ4n) is 13.9. The molecule has 0 N–H and O–H groups in total. The molecule has 420 valence electrons. The van der Waals surface area contributed by atoms with Crippen LogP contribution in [0.15, 0.2) is 364 Å². The molecule has 0 fully saturated rings. The molecule has 0 unspecified atom stereocenters. The average Bonchev–Trinajstić information content (AvgIpc) is 1.39. The maximum atomic E-state index is 2.21. The molecule has 0 aliphatic heterocycles. The first-order chi connectivity index (χ1) is 44.7. The number of hydrogen-bond acceptors (Lipinski definition) is 0. The van der Waals surface area contributed by atoms with E-state index in [1.807, 2.05) is 0 Å². The minimum Gasteiger partial charge on any atom is -0.0616 e. The fourth-order valence-corrected chi connectivity index (χ4v) is 13.9. The SMILES string of the molecule is c1ccc2c(c1)ccc1ccc3ccccc3c12.c1ccc2c(c1)ccc1ccc3ccccc3c12.c1ccc2c(c1)ccc1ccc3ccccc3c12.c1ccc2c(c1)ccc1ccc3ccccc3c12.c1ccc2c(c1)ccc1ccc3ccccc3c12. The quantitative estimate of drug-likeness (QED) is 0.133. The van der Waals surface area contributed by atoms with Gasteiger partial charge < -0.3 is 0 Å². The molecule has 0 saturated heterocycles. The van der Waals surface area contributed by atoms with Gasteiger partial charge in [0.05, 0.1) is 0 Å². The summed E-state index contributed by atoms with van der Waals surface area (Å²) in [5.74, 6) is 0. The Balaban J connectivity index is 0.0000000901. The maximum Gasteiger partial charge on any atom is -0.00268 e. The summed E-state index contributed by atoms with van der Waals surface area (Å²) in [6, 6.07) is 130. The number of rotatable bonds is 0. The highest BCUT2D eigenvalue weighted by Crippen LogP contribution is 2.37. The van der Waals surface area contributed by atoms with Crippen molar-refractivity contribution in [1.29, 1.82) is 0 Å². The summed E-state index contributed by atoms with van der Waals surface area (Å²) < 4.78 is 0. The molecule has 0 heterocycles. The van der Waals surface area contributed by atoms with Crippen molar-refractivity contribution in [2.45, 2.75) is 0 Å². The van der Waals surface area contributed by atoms with E-state index >= 15 is 0 Å². The van der Waals surface area contributed by atoms with E-state index < -0.39 is 0 Å². The Morgan fingerprint density at radius 2 is 0.167 bits per heavy atom. The highest BCUT2D eigenvalue weighted by atomic mass is 14.1. The number of hydrogen-bond donors (Lipinski definition) is 0. The van der Waals surface area contributed by atoms with Gasteiger partial charge in [-0.2, -0.15) is 0 Å². The Hall–Kier alpha value is -11.7. The second-order valence-electron chi connectivity index (χ2n) is 23.4. The molecule has 0 atom stereocenters. The molecule has 0 aliphatic carbocycles. The third-order valence-electron chi connectivity index (χ3n) is 18.2. The van der Waals surface area contributed by atoms with Crippen molar-refractivity contribution in [1.82, 2.24) is 0 Å². The van der Waals surface area contributed by atoms with Gasteiger partial charge in [-0.25, -0.2) is 0 Å². The van der Waals surface area contributed by atoms with Crippen LogP contribution in [0.1, 0.15) is 0 Å². The summed E-state index contributed by atoms with van der Waals surface area (Å²) in [5.41, 5.74) is 0. The molecule has 0 amide bonds. The molecule has 20 rings (SSSR count). The lowest BCUT2D eigenvalue weighted by Gasteiger charge is -2.07. The predicted octanol–water partition coefficient (Wildman–Crippen LogP) is 25.7. The summed E-state index contributed by atoms with van der Waals surface area (Å²) in [4.78, 5) is 0. The molecule has 90 heavy (non-hydrogen) atoms. The van der Waals surface area contributed by atoms with Gasteiger partial charge in [0.15, 0.2) is 0 Å². The lowest BCUT2D eigenvalue weighted by Crippen LogP contribution is -1.80. The van der Waals surface area contributed by atoms with Crippen molar-refractivity contribution < 1.29 is 0 Å². The van der Waals surface area contributed by atoms with E-state index in [-0.39, 0.29) is 0 Å².